The van der Waals surface area contributed by atoms with Crippen molar-refractivity contribution in [3.8, 4) is 0 Å². The van der Waals surface area contributed by atoms with Crippen LogP contribution in [0.1, 0.15) is 58.1 Å². The van der Waals surface area contributed by atoms with Gasteiger partial charge in [-0.05, 0) is 43.7 Å². The Bertz CT molecular complexity index is 392. The average molecular weight is 262 g/mol. The van der Waals surface area contributed by atoms with Crippen molar-refractivity contribution in [1.29, 1.82) is 0 Å². The van der Waals surface area contributed by atoms with Gasteiger partial charge >= 0.3 is 5.97 Å². The van der Waals surface area contributed by atoms with E-state index < -0.39 is 0 Å². The minimum atomic E-state index is -0.193. The third-order valence-corrected chi connectivity index (χ3v) is 3.37. The van der Waals surface area contributed by atoms with Crippen LogP contribution in [0, 0.1) is 5.92 Å². The van der Waals surface area contributed by atoms with E-state index in [4.69, 9.17) is 4.74 Å². The molecule has 2 nitrogen and oxygen atoms in total. The van der Waals surface area contributed by atoms with E-state index in [0.29, 0.717) is 5.92 Å². The molecule has 2 atom stereocenters. The van der Waals surface area contributed by atoms with Crippen LogP contribution in [0.25, 0.3) is 0 Å². The fraction of sp³-hybridized carbons (Fsp3) is 0.588. The molecule has 2 heteroatoms. The molecule has 0 N–H and O–H groups in total. The first-order valence-electron chi connectivity index (χ1n) is 7.23. The van der Waals surface area contributed by atoms with Gasteiger partial charge in [-0.2, -0.15) is 0 Å². The summed E-state index contributed by atoms with van der Waals surface area (Å²) in [7, 11) is 0. The van der Waals surface area contributed by atoms with E-state index in [1.54, 1.807) is 0 Å². The fourth-order valence-corrected chi connectivity index (χ4v) is 1.93. The smallest absolute Gasteiger partial charge is 0.313 e. The van der Waals surface area contributed by atoms with Crippen LogP contribution in [-0.2, 0) is 16.0 Å². The van der Waals surface area contributed by atoms with Crippen molar-refractivity contribution in [2.24, 2.45) is 5.92 Å². The van der Waals surface area contributed by atoms with Gasteiger partial charge in [0.25, 0.3) is 0 Å². The summed E-state index contributed by atoms with van der Waals surface area (Å²) in [6, 6.07) is 8.31. The molecule has 0 radical (unpaired) electrons. The molecule has 1 aromatic rings. The zero-order chi connectivity index (χ0) is 14.4. The van der Waals surface area contributed by atoms with Gasteiger partial charge in [-0.3, -0.25) is 4.79 Å². The second kappa shape index (κ2) is 7.32. The van der Waals surface area contributed by atoms with Crippen LogP contribution >= 0.6 is 0 Å². The lowest BCUT2D eigenvalue weighted by Gasteiger charge is -2.16. The summed E-state index contributed by atoms with van der Waals surface area (Å²) in [5.41, 5.74) is 2.35. The number of ether oxygens (including phenoxy) is 1. The van der Waals surface area contributed by atoms with E-state index in [0.717, 1.165) is 18.4 Å². The van der Waals surface area contributed by atoms with E-state index in [2.05, 4.69) is 26.0 Å². The molecule has 0 spiro atoms. The van der Waals surface area contributed by atoms with E-state index in [9.17, 15) is 4.79 Å². The molecule has 0 saturated carbocycles. The fourth-order valence-electron chi connectivity index (χ4n) is 1.93. The first kappa shape index (κ1) is 15.7. The van der Waals surface area contributed by atoms with Gasteiger partial charge in [0.15, 0.2) is 0 Å². The highest BCUT2D eigenvalue weighted by molar-refractivity contribution is 5.77. The van der Waals surface area contributed by atoms with Crippen LogP contribution in [0.15, 0.2) is 24.3 Å². The lowest BCUT2D eigenvalue weighted by molar-refractivity contribution is -0.149. The Balaban J connectivity index is 2.66. The number of rotatable bonds is 6. The van der Waals surface area contributed by atoms with Crippen LogP contribution in [0.2, 0.25) is 0 Å². The third kappa shape index (κ3) is 5.06. The lowest BCUT2D eigenvalue weighted by atomic mass is 9.97. The quantitative estimate of drug-likeness (QED) is 0.713. The highest BCUT2D eigenvalue weighted by Gasteiger charge is 2.18. The second-order valence-electron chi connectivity index (χ2n) is 5.72. The topological polar surface area (TPSA) is 26.3 Å². The van der Waals surface area contributed by atoms with Gasteiger partial charge in [-0.1, -0.05) is 45.0 Å². The summed E-state index contributed by atoms with van der Waals surface area (Å²) >= 11 is 0. The Morgan fingerprint density at radius 3 is 2.16 bits per heavy atom. The predicted octanol–water partition coefficient (Wildman–Crippen LogP) is 4.33. The molecule has 1 aromatic carbocycles. The molecule has 19 heavy (non-hydrogen) atoms. The van der Waals surface area contributed by atoms with Crippen LogP contribution in [0.3, 0.4) is 0 Å². The molecule has 0 aliphatic rings. The molecule has 0 bridgehead atoms. The minimum absolute atomic E-state index is 0.00448. The van der Waals surface area contributed by atoms with Crippen molar-refractivity contribution in [3.63, 3.8) is 0 Å². The van der Waals surface area contributed by atoms with Crippen molar-refractivity contribution in [1.82, 2.24) is 0 Å². The molecule has 0 aliphatic carbocycles. The molecule has 0 saturated heterocycles. The monoisotopic (exact) mass is 262 g/mol. The third-order valence-electron chi connectivity index (χ3n) is 3.37. The van der Waals surface area contributed by atoms with E-state index in [1.165, 1.54) is 5.56 Å². The Labute approximate surface area is 117 Å². The van der Waals surface area contributed by atoms with Gasteiger partial charge < -0.3 is 4.74 Å². The van der Waals surface area contributed by atoms with Crippen molar-refractivity contribution < 1.29 is 9.53 Å². The van der Waals surface area contributed by atoms with Crippen molar-refractivity contribution in [2.75, 3.05) is 0 Å². The molecule has 106 valence electrons. The first-order valence-corrected chi connectivity index (χ1v) is 7.23. The molecule has 0 amide bonds. The number of hydrogen-bond acceptors (Lipinski definition) is 2. The zero-order valence-electron chi connectivity index (χ0n) is 12.8. The second-order valence-corrected chi connectivity index (χ2v) is 5.72. The summed E-state index contributed by atoms with van der Waals surface area (Å²) in [4.78, 5) is 12.0. The maximum atomic E-state index is 12.0. The molecular weight excluding hydrogens is 236 g/mol. The van der Waals surface area contributed by atoms with Crippen molar-refractivity contribution >= 4 is 5.97 Å². The van der Waals surface area contributed by atoms with Gasteiger partial charge in [0.05, 0.1) is 12.0 Å². The molecule has 0 aromatic heterocycles. The largest absolute Gasteiger partial charge is 0.462 e. The summed E-state index contributed by atoms with van der Waals surface area (Å²) < 4.78 is 5.37. The zero-order valence-corrected chi connectivity index (χ0v) is 12.8. The summed E-state index contributed by atoms with van der Waals surface area (Å²) in [6.45, 7) is 10.3. The van der Waals surface area contributed by atoms with Gasteiger partial charge in [0.2, 0.25) is 0 Å². The van der Waals surface area contributed by atoms with Crippen LogP contribution < -0.4 is 0 Å². The predicted molar refractivity (Wildman–Crippen MR) is 79.2 cm³/mol. The highest BCUT2D eigenvalue weighted by Crippen LogP contribution is 2.19. The highest BCUT2D eigenvalue weighted by atomic mass is 16.5. The first-order chi connectivity index (χ1) is 8.93. The van der Waals surface area contributed by atoms with Crippen LogP contribution in [-0.4, -0.2) is 12.1 Å². The van der Waals surface area contributed by atoms with E-state index in [-0.39, 0.29) is 18.0 Å². The number of esters is 1. The molecular formula is C17H26O2. The Morgan fingerprint density at radius 2 is 1.68 bits per heavy atom. The van der Waals surface area contributed by atoms with Gasteiger partial charge in [0.1, 0.15) is 0 Å². The summed E-state index contributed by atoms with van der Waals surface area (Å²) in [5, 5.41) is 0. The Hall–Kier alpha value is -1.31. The lowest BCUT2D eigenvalue weighted by Crippen LogP contribution is -2.19. The normalized spacial score (nSPS) is 14.2. The van der Waals surface area contributed by atoms with Crippen LogP contribution in [0.4, 0.5) is 0 Å². The molecule has 0 fully saturated rings. The minimum Gasteiger partial charge on any atom is -0.462 e. The van der Waals surface area contributed by atoms with E-state index >= 15 is 0 Å². The van der Waals surface area contributed by atoms with Crippen LogP contribution in [0.5, 0.6) is 0 Å². The van der Waals surface area contributed by atoms with Gasteiger partial charge in [-0.15, -0.1) is 0 Å². The molecule has 0 heterocycles. The van der Waals surface area contributed by atoms with Crippen molar-refractivity contribution in [2.45, 2.75) is 59.5 Å². The van der Waals surface area contributed by atoms with Gasteiger partial charge in [0, 0.05) is 0 Å². The van der Waals surface area contributed by atoms with Crippen molar-refractivity contribution in [3.05, 3.63) is 35.4 Å². The number of benzene rings is 1. The number of carbonyl (C=O) groups is 1. The molecule has 2 unspecified atom stereocenters. The van der Waals surface area contributed by atoms with Gasteiger partial charge in [-0.25, -0.2) is 0 Å². The average Bonchev–Trinajstić information content (AvgIpc) is 2.37. The number of carbonyl (C=O) groups excluding carboxylic acids is 1. The standard InChI is InChI=1S/C17H26O2/c1-6-13(4)19-17(18)14(5)16-9-7-15(8-10-16)11-12(2)3/h7-10,12-14H,6,11H2,1-5H3. The Morgan fingerprint density at radius 1 is 1.11 bits per heavy atom. The maximum Gasteiger partial charge on any atom is 0.313 e. The SMILES string of the molecule is CCC(C)OC(=O)C(C)c1ccc(CC(C)C)cc1. The molecule has 1 rings (SSSR count). The Kier molecular flexibility index (Phi) is 6.07. The maximum absolute atomic E-state index is 12.0. The number of hydrogen-bond donors (Lipinski definition) is 0. The summed E-state index contributed by atoms with van der Waals surface area (Å²) in [6.07, 6.45) is 1.92. The summed E-state index contributed by atoms with van der Waals surface area (Å²) in [5.74, 6) is 0.326. The molecule has 0 aliphatic heterocycles. The van der Waals surface area contributed by atoms with E-state index in [1.807, 2.05) is 32.9 Å².